The lowest BCUT2D eigenvalue weighted by Gasteiger charge is -2.12. The average molecular weight is 406 g/mol. The lowest BCUT2D eigenvalue weighted by atomic mass is 10.0. The zero-order valence-electron chi connectivity index (χ0n) is 17.2. The molecule has 0 aliphatic carbocycles. The number of hydrogen-bond donors (Lipinski definition) is 1. The molecule has 2 rings (SSSR count). The number of nitrogens with one attached hydrogen (secondary N) is 1. The second kappa shape index (κ2) is 9.59. The largest absolute Gasteiger partial charge is 0.493 e. The Bertz CT molecular complexity index is 857. The predicted octanol–water partition coefficient (Wildman–Crippen LogP) is 4.90. The fourth-order valence-corrected chi connectivity index (χ4v) is 4.00. The van der Waals surface area contributed by atoms with Crippen molar-refractivity contribution in [3.05, 3.63) is 28.6 Å². The summed E-state index contributed by atoms with van der Waals surface area (Å²) in [5.41, 5.74) is 1.89. The van der Waals surface area contributed by atoms with Crippen molar-refractivity contribution < 1.29 is 23.8 Å². The minimum absolute atomic E-state index is 0.124. The van der Waals surface area contributed by atoms with Crippen molar-refractivity contribution in [1.82, 2.24) is 0 Å². The maximum Gasteiger partial charge on any atom is 0.341 e. The highest BCUT2D eigenvalue weighted by atomic mass is 32.1. The third-order valence-electron chi connectivity index (χ3n) is 4.08. The molecule has 0 unspecified atom stereocenters. The van der Waals surface area contributed by atoms with E-state index in [1.165, 1.54) is 11.3 Å². The first kappa shape index (κ1) is 21.8. The summed E-state index contributed by atoms with van der Waals surface area (Å²) in [4.78, 5) is 25.9. The van der Waals surface area contributed by atoms with Crippen LogP contribution < -0.4 is 14.8 Å². The number of hydrogen-bond acceptors (Lipinski definition) is 6. The number of benzene rings is 1. The van der Waals surface area contributed by atoms with Gasteiger partial charge >= 0.3 is 5.97 Å². The van der Waals surface area contributed by atoms with Crippen molar-refractivity contribution in [1.29, 1.82) is 0 Å². The van der Waals surface area contributed by atoms with Gasteiger partial charge in [-0.3, -0.25) is 4.79 Å². The number of ether oxygens (including phenoxy) is 3. The Balaban J connectivity index is 2.57. The maximum atomic E-state index is 12.7. The molecule has 1 aromatic heterocycles. The van der Waals surface area contributed by atoms with E-state index in [4.69, 9.17) is 14.2 Å². The van der Waals surface area contributed by atoms with E-state index >= 15 is 0 Å². The molecule has 0 aliphatic heterocycles. The summed E-state index contributed by atoms with van der Waals surface area (Å²) in [6.45, 7) is 7.86. The van der Waals surface area contributed by atoms with Gasteiger partial charge in [-0.2, -0.15) is 0 Å². The summed E-state index contributed by atoms with van der Waals surface area (Å²) in [7, 11) is 3.13. The number of esters is 1. The maximum absolute atomic E-state index is 12.7. The summed E-state index contributed by atoms with van der Waals surface area (Å²) >= 11 is 1.36. The number of aryl methyl sites for hydroxylation is 1. The van der Waals surface area contributed by atoms with E-state index in [0.29, 0.717) is 28.5 Å². The van der Waals surface area contributed by atoms with Crippen LogP contribution in [0.15, 0.2) is 18.2 Å². The van der Waals surface area contributed by atoms with Gasteiger partial charge in [-0.25, -0.2) is 4.79 Å². The van der Waals surface area contributed by atoms with Gasteiger partial charge in [0.05, 0.1) is 20.8 Å². The lowest BCUT2D eigenvalue weighted by Crippen LogP contribution is -2.16. The van der Waals surface area contributed by atoms with Gasteiger partial charge in [0.1, 0.15) is 10.6 Å². The summed E-state index contributed by atoms with van der Waals surface area (Å²) < 4.78 is 16.0. The standard InChI is InChI=1S/C21H27NO5S/c1-7-27-21(24)19-18(14-8-9-15(25-5)16(11-14)26-6)13(4)28-20(19)22-17(23)10-12(2)3/h8-9,11-12H,7,10H2,1-6H3,(H,22,23). The third kappa shape index (κ3) is 4.84. The van der Waals surface area contributed by atoms with E-state index in [1.807, 2.05) is 32.9 Å². The van der Waals surface area contributed by atoms with Crippen molar-refractivity contribution in [3.8, 4) is 22.6 Å². The molecule has 0 spiro atoms. The van der Waals surface area contributed by atoms with Crippen LogP contribution in [0, 0.1) is 12.8 Å². The van der Waals surface area contributed by atoms with E-state index in [0.717, 1.165) is 16.0 Å². The Kier molecular flexibility index (Phi) is 7.45. The highest BCUT2D eigenvalue weighted by molar-refractivity contribution is 7.17. The number of anilines is 1. The highest BCUT2D eigenvalue weighted by Gasteiger charge is 2.26. The molecule has 0 atom stereocenters. The molecule has 6 nitrogen and oxygen atoms in total. The van der Waals surface area contributed by atoms with Crippen LogP contribution in [0.4, 0.5) is 5.00 Å². The Hall–Kier alpha value is -2.54. The van der Waals surface area contributed by atoms with Gasteiger partial charge < -0.3 is 19.5 Å². The minimum Gasteiger partial charge on any atom is -0.493 e. The van der Waals surface area contributed by atoms with E-state index in [1.54, 1.807) is 27.2 Å². The van der Waals surface area contributed by atoms with E-state index in [-0.39, 0.29) is 18.4 Å². The second-order valence-corrected chi connectivity index (χ2v) is 7.90. The molecule has 7 heteroatoms. The first-order chi connectivity index (χ1) is 13.3. The van der Waals surface area contributed by atoms with Crippen LogP contribution >= 0.6 is 11.3 Å². The molecule has 1 amide bonds. The van der Waals surface area contributed by atoms with Gasteiger partial charge in [0.15, 0.2) is 11.5 Å². The van der Waals surface area contributed by atoms with E-state index in [2.05, 4.69) is 5.32 Å². The lowest BCUT2D eigenvalue weighted by molar-refractivity contribution is -0.116. The van der Waals surface area contributed by atoms with E-state index < -0.39 is 5.97 Å². The van der Waals surface area contributed by atoms with Gasteiger partial charge in [0.2, 0.25) is 5.91 Å². The zero-order chi connectivity index (χ0) is 20.8. The Morgan fingerprint density at radius 1 is 1.14 bits per heavy atom. The van der Waals surface area contributed by atoms with Crippen LogP contribution in [0.1, 0.15) is 42.4 Å². The molecule has 0 saturated heterocycles. The van der Waals surface area contributed by atoms with Crippen molar-refractivity contribution in [2.24, 2.45) is 5.92 Å². The molecular weight excluding hydrogens is 378 g/mol. The van der Waals surface area contributed by atoms with Crippen molar-refractivity contribution in [2.75, 3.05) is 26.1 Å². The molecule has 0 radical (unpaired) electrons. The van der Waals surface area contributed by atoms with Crippen LogP contribution in [0.3, 0.4) is 0 Å². The Morgan fingerprint density at radius 3 is 2.39 bits per heavy atom. The van der Waals surface area contributed by atoms with Crippen LogP contribution in [0.2, 0.25) is 0 Å². The second-order valence-electron chi connectivity index (χ2n) is 6.67. The molecule has 1 aromatic carbocycles. The molecule has 1 heterocycles. The quantitative estimate of drug-likeness (QED) is 0.632. The Morgan fingerprint density at radius 2 is 1.82 bits per heavy atom. The van der Waals surface area contributed by atoms with Gasteiger partial charge in [-0.1, -0.05) is 19.9 Å². The zero-order valence-corrected chi connectivity index (χ0v) is 18.0. The summed E-state index contributed by atoms with van der Waals surface area (Å²) in [6.07, 6.45) is 0.380. The molecule has 0 fully saturated rings. The summed E-state index contributed by atoms with van der Waals surface area (Å²) in [5.74, 6) is 0.794. The molecule has 2 aromatic rings. The van der Waals surface area contributed by atoms with Gasteiger partial charge in [-0.05, 0) is 37.5 Å². The summed E-state index contributed by atoms with van der Waals surface area (Å²) in [5, 5.41) is 3.39. The molecule has 152 valence electrons. The SMILES string of the molecule is CCOC(=O)c1c(NC(=O)CC(C)C)sc(C)c1-c1ccc(OC)c(OC)c1. The van der Waals surface area contributed by atoms with Gasteiger partial charge in [-0.15, -0.1) is 11.3 Å². The predicted molar refractivity (Wildman–Crippen MR) is 112 cm³/mol. The molecule has 28 heavy (non-hydrogen) atoms. The number of rotatable bonds is 8. The fourth-order valence-electron chi connectivity index (χ4n) is 2.92. The first-order valence-electron chi connectivity index (χ1n) is 9.15. The Labute approximate surface area is 169 Å². The molecule has 0 aliphatic rings. The van der Waals surface area contributed by atoms with Crippen LogP contribution in [-0.2, 0) is 9.53 Å². The molecule has 0 saturated carbocycles. The third-order valence-corrected chi connectivity index (χ3v) is 5.10. The number of amides is 1. The van der Waals surface area contributed by atoms with Crippen LogP contribution in [0.25, 0.3) is 11.1 Å². The smallest absolute Gasteiger partial charge is 0.341 e. The summed E-state index contributed by atoms with van der Waals surface area (Å²) in [6, 6.07) is 5.46. The number of carbonyl (C=O) groups excluding carboxylic acids is 2. The van der Waals surface area contributed by atoms with Crippen molar-refractivity contribution in [3.63, 3.8) is 0 Å². The molecule has 0 bridgehead atoms. The van der Waals surface area contributed by atoms with Gasteiger partial charge in [0, 0.05) is 16.9 Å². The van der Waals surface area contributed by atoms with Crippen molar-refractivity contribution in [2.45, 2.75) is 34.1 Å². The average Bonchev–Trinajstić information content (AvgIpc) is 2.96. The molecular formula is C21H27NO5S. The number of methoxy groups -OCH3 is 2. The fraction of sp³-hybridized carbons (Fsp3) is 0.429. The highest BCUT2D eigenvalue weighted by Crippen LogP contribution is 2.42. The number of thiophene rings is 1. The molecule has 1 N–H and O–H groups in total. The van der Waals surface area contributed by atoms with Crippen LogP contribution in [0.5, 0.6) is 11.5 Å². The van der Waals surface area contributed by atoms with Crippen molar-refractivity contribution >= 4 is 28.2 Å². The minimum atomic E-state index is -0.462. The van der Waals surface area contributed by atoms with E-state index in [9.17, 15) is 9.59 Å². The normalized spacial score (nSPS) is 10.7. The number of carbonyl (C=O) groups is 2. The topological polar surface area (TPSA) is 73.9 Å². The van der Waals surface area contributed by atoms with Gasteiger partial charge in [0.25, 0.3) is 0 Å². The van der Waals surface area contributed by atoms with Crippen LogP contribution in [-0.4, -0.2) is 32.7 Å². The first-order valence-corrected chi connectivity index (χ1v) is 9.96. The monoisotopic (exact) mass is 405 g/mol.